The van der Waals surface area contributed by atoms with Crippen LogP contribution in [0.2, 0.25) is 0 Å². The third kappa shape index (κ3) is 4.94. The first-order valence-corrected chi connectivity index (χ1v) is 10.8. The molecule has 162 valence electrons. The Bertz CT molecular complexity index is 887. The van der Waals surface area contributed by atoms with Crippen LogP contribution < -0.4 is 0 Å². The molecule has 0 aliphatic carbocycles. The number of carbonyl (C=O) groups excluding carboxylic acids is 2. The molecule has 1 unspecified atom stereocenters. The fourth-order valence-corrected chi connectivity index (χ4v) is 4.11. The highest BCUT2D eigenvalue weighted by Crippen LogP contribution is 2.33. The Morgan fingerprint density at radius 3 is 2.23 bits per heavy atom. The van der Waals surface area contributed by atoms with Gasteiger partial charge in [0, 0.05) is 36.9 Å². The minimum Gasteiger partial charge on any atom is -0.348 e. The topological polar surface area (TPSA) is 45.6 Å². The number of benzene rings is 1. The van der Waals surface area contributed by atoms with Gasteiger partial charge in [0.15, 0.2) is 0 Å². The van der Waals surface area contributed by atoms with E-state index in [1.54, 1.807) is 4.90 Å². The third-order valence-corrected chi connectivity index (χ3v) is 5.56. The summed E-state index contributed by atoms with van der Waals surface area (Å²) < 4.78 is 2.22. The van der Waals surface area contributed by atoms with Gasteiger partial charge >= 0.3 is 0 Å². The molecule has 0 saturated heterocycles. The van der Waals surface area contributed by atoms with Crippen molar-refractivity contribution in [2.45, 2.75) is 66.1 Å². The first kappa shape index (κ1) is 22.1. The summed E-state index contributed by atoms with van der Waals surface area (Å²) in [6.07, 6.45) is 2.49. The van der Waals surface area contributed by atoms with Crippen molar-refractivity contribution in [2.75, 3.05) is 13.1 Å². The molecule has 1 aromatic heterocycles. The van der Waals surface area contributed by atoms with Crippen LogP contribution in [0.15, 0.2) is 48.7 Å². The van der Waals surface area contributed by atoms with E-state index in [9.17, 15) is 9.59 Å². The minimum atomic E-state index is -0.420. The maximum Gasteiger partial charge on any atom is 0.243 e. The summed E-state index contributed by atoms with van der Waals surface area (Å²) in [5.41, 5.74) is 1.66. The zero-order valence-corrected chi connectivity index (χ0v) is 19.2. The Hall–Kier alpha value is -2.56. The van der Waals surface area contributed by atoms with Crippen molar-refractivity contribution in [1.82, 2.24) is 14.4 Å². The summed E-state index contributed by atoms with van der Waals surface area (Å²) in [7, 11) is 0. The molecule has 0 saturated carbocycles. The largest absolute Gasteiger partial charge is 0.348 e. The molecule has 3 rings (SSSR count). The van der Waals surface area contributed by atoms with Gasteiger partial charge in [-0.25, -0.2) is 0 Å². The summed E-state index contributed by atoms with van der Waals surface area (Å²) in [5.74, 6) is 0.0217. The normalized spacial score (nSPS) is 16.9. The van der Waals surface area contributed by atoms with E-state index in [0.717, 1.165) is 17.8 Å². The lowest BCUT2D eigenvalue weighted by Gasteiger charge is -2.41. The zero-order valence-electron chi connectivity index (χ0n) is 19.2. The van der Waals surface area contributed by atoms with Gasteiger partial charge in [-0.05, 0) is 43.9 Å². The van der Waals surface area contributed by atoms with Crippen LogP contribution in [-0.4, -0.2) is 44.8 Å². The van der Waals surface area contributed by atoms with Crippen molar-refractivity contribution < 1.29 is 9.59 Å². The van der Waals surface area contributed by atoms with E-state index >= 15 is 0 Å². The van der Waals surface area contributed by atoms with Gasteiger partial charge in [-0.2, -0.15) is 0 Å². The first-order valence-electron chi connectivity index (χ1n) is 10.8. The van der Waals surface area contributed by atoms with E-state index in [4.69, 9.17) is 0 Å². The fourth-order valence-electron chi connectivity index (χ4n) is 4.11. The van der Waals surface area contributed by atoms with Crippen LogP contribution in [-0.2, 0) is 16.1 Å². The van der Waals surface area contributed by atoms with Crippen LogP contribution in [0.1, 0.15) is 65.3 Å². The maximum atomic E-state index is 13.6. The number of amides is 2. The quantitative estimate of drug-likeness (QED) is 0.747. The lowest BCUT2D eigenvalue weighted by molar-refractivity contribution is -0.147. The Kier molecular flexibility index (Phi) is 6.11. The molecule has 0 spiro atoms. The molecule has 1 aromatic carbocycles. The SMILES string of the molecule is CC(C)(C)CC(=O)N(CC(=O)N1CCn2cccc2C1c1ccccc1)C(C)(C)C. The van der Waals surface area contributed by atoms with E-state index in [2.05, 4.69) is 49.7 Å². The number of nitrogens with zero attached hydrogens (tertiary/aromatic N) is 3. The van der Waals surface area contributed by atoms with Gasteiger partial charge in [0.05, 0.1) is 6.04 Å². The molecule has 1 aliphatic rings. The summed E-state index contributed by atoms with van der Waals surface area (Å²) in [5, 5.41) is 0. The number of rotatable bonds is 4. The Morgan fingerprint density at radius 1 is 0.967 bits per heavy atom. The van der Waals surface area contributed by atoms with Gasteiger partial charge in [0.25, 0.3) is 0 Å². The number of hydrogen-bond acceptors (Lipinski definition) is 2. The number of aromatic nitrogens is 1. The van der Waals surface area contributed by atoms with Crippen LogP contribution in [0.5, 0.6) is 0 Å². The van der Waals surface area contributed by atoms with Crippen LogP contribution in [0.4, 0.5) is 0 Å². The Labute approximate surface area is 180 Å². The highest BCUT2D eigenvalue weighted by molar-refractivity contribution is 5.86. The second kappa shape index (κ2) is 8.29. The van der Waals surface area contributed by atoms with Gasteiger partial charge in [-0.15, -0.1) is 0 Å². The lowest BCUT2D eigenvalue weighted by atomic mass is 9.90. The van der Waals surface area contributed by atoms with Crippen molar-refractivity contribution >= 4 is 11.8 Å². The van der Waals surface area contributed by atoms with E-state index < -0.39 is 5.54 Å². The minimum absolute atomic E-state index is 0.00603. The summed E-state index contributed by atoms with van der Waals surface area (Å²) in [6, 6.07) is 14.1. The van der Waals surface area contributed by atoms with E-state index in [1.165, 1.54) is 0 Å². The maximum absolute atomic E-state index is 13.6. The smallest absolute Gasteiger partial charge is 0.243 e. The molecule has 2 aromatic rings. The number of carbonyl (C=O) groups is 2. The average Bonchev–Trinajstić information content (AvgIpc) is 3.12. The Morgan fingerprint density at radius 2 is 1.63 bits per heavy atom. The molecule has 2 heterocycles. The van der Waals surface area contributed by atoms with E-state index in [0.29, 0.717) is 13.0 Å². The molecule has 0 N–H and O–H groups in total. The summed E-state index contributed by atoms with van der Waals surface area (Å²) in [4.78, 5) is 30.3. The van der Waals surface area contributed by atoms with Gasteiger partial charge in [0.2, 0.25) is 11.8 Å². The molecule has 0 fully saturated rings. The van der Waals surface area contributed by atoms with Crippen molar-refractivity contribution in [3.05, 3.63) is 59.9 Å². The monoisotopic (exact) mass is 409 g/mol. The highest BCUT2D eigenvalue weighted by atomic mass is 16.2. The van der Waals surface area contributed by atoms with Crippen molar-refractivity contribution in [1.29, 1.82) is 0 Å². The zero-order chi connectivity index (χ0) is 22.1. The second-order valence-corrected chi connectivity index (χ2v) is 10.4. The standard InChI is InChI=1S/C25H35N3O2/c1-24(2,3)17-21(29)28(25(4,5)6)18-22(30)27-16-15-26-14-10-13-20(26)23(27)19-11-8-7-9-12-19/h7-14,23H,15-18H2,1-6H3. The summed E-state index contributed by atoms with van der Waals surface area (Å²) in [6.45, 7) is 13.6. The van der Waals surface area contributed by atoms with Crippen molar-refractivity contribution in [2.24, 2.45) is 5.41 Å². The van der Waals surface area contributed by atoms with Gasteiger partial charge in [-0.3, -0.25) is 9.59 Å². The number of fused-ring (bicyclic) bond motifs is 1. The van der Waals surface area contributed by atoms with Crippen LogP contribution in [0.3, 0.4) is 0 Å². The van der Waals surface area contributed by atoms with E-state index in [-0.39, 0.29) is 29.8 Å². The molecule has 0 bridgehead atoms. The molecule has 2 amide bonds. The third-order valence-electron chi connectivity index (χ3n) is 5.56. The van der Waals surface area contributed by atoms with Crippen LogP contribution >= 0.6 is 0 Å². The summed E-state index contributed by atoms with van der Waals surface area (Å²) >= 11 is 0. The van der Waals surface area contributed by atoms with Gasteiger partial charge in [0.1, 0.15) is 6.54 Å². The molecule has 5 nitrogen and oxygen atoms in total. The predicted molar refractivity (Wildman–Crippen MR) is 120 cm³/mol. The average molecular weight is 410 g/mol. The second-order valence-electron chi connectivity index (χ2n) is 10.4. The van der Waals surface area contributed by atoms with Gasteiger partial charge in [-0.1, -0.05) is 51.1 Å². The number of hydrogen-bond donors (Lipinski definition) is 0. The Balaban J connectivity index is 1.89. The van der Waals surface area contributed by atoms with Crippen molar-refractivity contribution in [3.8, 4) is 0 Å². The van der Waals surface area contributed by atoms with Crippen molar-refractivity contribution in [3.63, 3.8) is 0 Å². The molecule has 5 heteroatoms. The molecule has 30 heavy (non-hydrogen) atoms. The molecular formula is C25H35N3O2. The molecule has 1 aliphatic heterocycles. The van der Waals surface area contributed by atoms with Gasteiger partial charge < -0.3 is 14.4 Å². The fraction of sp³-hybridized carbons (Fsp3) is 0.520. The lowest BCUT2D eigenvalue weighted by Crippen LogP contribution is -2.53. The molecule has 0 radical (unpaired) electrons. The molecular weight excluding hydrogens is 374 g/mol. The van der Waals surface area contributed by atoms with Crippen LogP contribution in [0, 0.1) is 5.41 Å². The molecule has 1 atom stereocenters. The highest BCUT2D eigenvalue weighted by Gasteiger charge is 2.36. The van der Waals surface area contributed by atoms with E-state index in [1.807, 2.05) is 49.9 Å². The van der Waals surface area contributed by atoms with Crippen LogP contribution in [0.25, 0.3) is 0 Å². The predicted octanol–water partition coefficient (Wildman–Crippen LogP) is 4.48. The first-order chi connectivity index (χ1) is 14.0.